The number of nitrogens with two attached hydrogens (primary N) is 1. The van der Waals surface area contributed by atoms with Gasteiger partial charge in [0.25, 0.3) is 0 Å². The number of aromatic nitrogens is 4. The summed E-state index contributed by atoms with van der Waals surface area (Å²) in [6.45, 7) is 7.64. The maximum atomic E-state index is 13.6. The van der Waals surface area contributed by atoms with Crippen LogP contribution in [0.25, 0.3) is 11.2 Å². The lowest BCUT2D eigenvalue weighted by atomic mass is 9.92. The standard InChI is InChI=1S/C28H34BrN7O5S/c1-27(2,3)36(26(38)39)28(7-8-28)24(37)34-9-4-16(5-10-34)6-11-35-23-21(22(30)31-14-32-23)33-25(35)42-20-13-19-18(12-17(20)29)40-15-41-19/h12-14,16H,4-11,15H2,1-3H3,(H,38,39)(H2,30,31,32). The Morgan fingerprint density at radius 1 is 1.19 bits per heavy atom. The predicted molar refractivity (Wildman–Crippen MR) is 160 cm³/mol. The average molecular weight is 661 g/mol. The fourth-order valence-electron chi connectivity index (χ4n) is 6.08. The van der Waals surface area contributed by atoms with Gasteiger partial charge in [0.1, 0.15) is 11.9 Å². The molecule has 2 aromatic heterocycles. The van der Waals surface area contributed by atoms with Crippen molar-refractivity contribution in [1.82, 2.24) is 29.3 Å². The first kappa shape index (κ1) is 28.8. The first-order valence-electron chi connectivity index (χ1n) is 14.0. The molecule has 1 aliphatic carbocycles. The van der Waals surface area contributed by atoms with Gasteiger partial charge >= 0.3 is 6.09 Å². The molecule has 2 aliphatic heterocycles. The maximum absolute atomic E-state index is 13.6. The summed E-state index contributed by atoms with van der Waals surface area (Å²) in [7, 11) is 0. The average Bonchev–Trinajstić information content (AvgIpc) is 3.43. The number of piperidine rings is 1. The molecule has 4 heterocycles. The molecule has 0 unspecified atom stereocenters. The first-order valence-corrected chi connectivity index (χ1v) is 15.7. The number of nitrogen functional groups attached to an aromatic ring is 1. The number of amides is 2. The number of benzene rings is 1. The quantitative estimate of drug-likeness (QED) is 0.355. The van der Waals surface area contributed by atoms with Gasteiger partial charge in [-0.05, 0) is 86.9 Å². The Balaban J connectivity index is 1.15. The van der Waals surface area contributed by atoms with Crippen LogP contribution in [0.1, 0.15) is 52.9 Å². The van der Waals surface area contributed by atoms with Gasteiger partial charge in [-0.3, -0.25) is 9.69 Å². The lowest BCUT2D eigenvalue weighted by Gasteiger charge is -2.42. The summed E-state index contributed by atoms with van der Waals surface area (Å²) in [6, 6.07) is 3.82. The highest BCUT2D eigenvalue weighted by atomic mass is 79.9. The summed E-state index contributed by atoms with van der Waals surface area (Å²) < 4.78 is 14.0. The Labute approximate surface area is 256 Å². The van der Waals surface area contributed by atoms with Crippen LogP contribution in [0, 0.1) is 5.92 Å². The number of hydrogen-bond acceptors (Lipinski definition) is 9. The van der Waals surface area contributed by atoms with Crippen molar-refractivity contribution in [3.05, 3.63) is 22.9 Å². The number of rotatable bonds is 7. The van der Waals surface area contributed by atoms with Crippen LogP contribution in [0.15, 0.2) is 33.0 Å². The SMILES string of the molecule is CC(C)(C)N(C(=O)O)C1(C(=O)N2CCC(CCn3c(Sc4cc5c(cc4Br)OCO5)nc4c(N)ncnc43)CC2)CC1. The number of nitrogens with zero attached hydrogens (tertiary/aromatic N) is 6. The highest BCUT2D eigenvalue weighted by molar-refractivity contribution is 9.10. The van der Waals surface area contributed by atoms with Crippen LogP contribution in [0.5, 0.6) is 11.5 Å². The molecule has 42 heavy (non-hydrogen) atoms. The third-order valence-corrected chi connectivity index (χ3v) is 10.2. The molecular weight excluding hydrogens is 626 g/mol. The minimum absolute atomic E-state index is 0.0564. The topological polar surface area (TPSA) is 149 Å². The summed E-state index contributed by atoms with van der Waals surface area (Å²) in [5.41, 5.74) is 5.83. The second kappa shape index (κ2) is 10.8. The highest BCUT2D eigenvalue weighted by Gasteiger charge is 2.61. The molecular formula is C28H34BrN7O5S. The van der Waals surface area contributed by atoms with Gasteiger partial charge in [-0.1, -0.05) is 11.8 Å². The van der Waals surface area contributed by atoms with Crippen molar-refractivity contribution in [2.45, 2.75) is 80.5 Å². The number of imidazole rings is 1. The van der Waals surface area contributed by atoms with Crippen LogP contribution in [0.2, 0.25) is 0 Å². The summed E-state index contributed by atoms with van der Waals surface area (Å²) in [6.07, 6.45) is 4.15. The number of likely N-dealkylation sites (tertiary alicyclic amines) is 1. The summed E-state index contributed by atoms with van der Waals surface area (Å²) >= 11 is 5.13. The molecule has 12 nitrogen and oxygen atoms in total. The Bertz CT molecular complexity index is 1550. The van der Waals surface area contributed by atoms with E-state index >= 15 is 0 Å². The number of ether oxygens (including phenoxy) is 2. The smallest absolute Gasteiger partial charge is 0.408 e. The van der Waals surface area contributed by atoms with Gasteiger partial charge in [-0.25, -0.2) is 19.7 Å². The Kier molecular flexibility index (Phi) is 7.40. The van der Waals surface area contributed by atoms with Crippen molar-refractivity contribution in [2.24, 2.45) is 5.92 Å². The van der Waals surface area contributed by atoms with Crippen LogP contribution < -0.4 is 15.2 Å². The van der Waals surface area contributed by atoms with Crippen LogP contribution in [0.4, 0.5) is 10.6 Å². The van der Waals surface area contributed by atoms with Crippen molar-refractivity contribution in [3.63, 3.8) is 0 Å². The van der Waals surface area contributed by atoms with Gasteiger partial charge in [0.15, 0.2) is 33.6 Å². The van der Waals surface area contributed by atoms with E-state index < -0.39 is 17.2 Å². The van der Waals surface area contributed by atoms with Gasteiger partial charge in [-0.2, -0.15) is 0 Å². The zero-order valence-corrected chi connectivity index (χ0v) is 26.2. The van der Waals surface area contributed by atoms with Crippen LogP contribution in [0.3, 0.4) is 0 Å². The molecule has 6 rings (SSSR count). The fourth-order valence-corrected chi connectivity index (χ4v) is 7.59. The summed E-state index contributed by atoms with van der Waals surface area (Å²) in [5, 5.41) is 10.7. The summed E-state index contributed by atoms with van der Waals surface area (Å²) in [4.78, 5) is 43.3. The largest absolute Gasteiger partial charge is 0.465 e. The fraction of sp³-hybridized carbons (Fsp3) is 0.536. The normalized spacial score (nSPS) is 18.0. The number of halogens is 1. The molecule has 3 aromatic rings. The van der Waals surface area contributed by atoms with Crippen LogP contribution >= 0.6 is 27.7 Å². The molecule has 1 aromatic carbocycles. The first-order chi connectivity index (χ1) is 20.0. The molecule has 2 fully saturated rings. The van der Waals surface area contributed by atoms with Crippen molar-refractivity contribution >= 4 is 56.7 Å². The molecule has 0 bridgehead atoms. The second-order valence-corrected chi connectivity index (χ2v) is 13.9. The van der Waals surface area contributed by atoms with Crippen molar-refractivity contribution < 1.29 is 24.2 Å². The molecule has 224 valence electrons. The molecule has 14 heteroatoms. The number of carboxylic acid groups (broad SMARTS) is 1. The molecule has 3 N–H and O–H groups in total. The number of hydrogen-bond donors (Lipinski definition) is 2. The van der Waals surface area contributed by atoms with Crippen LogP contribution in [-0.2, 0) is 11.3 Å². The molecule has 0 spiro atoms. The van der Waals surface area contributed by atoms with E-state index in [2.05, 4.69) is 30.5 Å². The van der Waals surface area contributed by atoms with Crippen molar-refractivity contribution in [2.75, 3.05) is 25.6 Å². The summed E-state index contributed by atoms with van der Waals surface area (Å²) in [5.74, 6) is 2.05. The molecule has 0 radical (unpaired) electrons. The van der Waals surface area contributed by atoms with E-state index in [1.807, 2.05) is 37.8 Å². The Morgan fingerprint density at radius 3 is 2.52 bits per heavy atom. The predicted octanol–water partition coefficient (Wildman–Crippen LogP) is 4.99. The number of carbonyl (C=O) groups excluding carboxylic acids is 1. The van der Waals surface area contributed by atoms with E-state index in [1.54, 1.807) is 0 Å². The Morgan fingerprint density at radius 2 is 1.88 bits per heavy atom. The van der Waals surface area contributed by atoms with E-state index in [4.69, 9.17) is 20.2 Å². The van der Waals surface area contributed by atoms with Gasteiger partial charge in [-0.15, -0.1) is 0 Å². The molecule has 3 aliphatic rings. The van der Waals surface area contributed by atoms with Gasteiger partial charge in [0.05, 0.1) is 0 Å². The molecule has 2 amide bonds. The zero-order chi connectivity index (χ0) is 29.8. The zero-order valence-electron chi connectivity index (χ0n) is 23.8. The third kappa shape index (κ3) is 5.23. The van der Waals surface area contributed by atoms with E-state index in [9.17, 15) is 14.7 Å². The minimum Gasteiger partial charge on any atom is -0.465 e. The lowest BCUT2D eigenvalue weighted by Crippen LogP contribution is -2.60. The third-order valence-electron chi connectivity index (χ3n) is 8.23. The van der Waals surface area contributed by atoms with Crippen molar-refractivity contribution in [1.29, 1.82) is 0 Å². The van der Waals surface area contributed by atoms with Gasteiger partial charge in [0.2, 0.25) is 12.7 Å². The molecule has 0 atom stereocenters. The van der Waals surface area contributed by atoms with E-state index in [0.29, 0.717) is 66.9 Å². The van der Waals surface area contributed by atoms with Crippen LogP contribution in [-0.4, -0.2) is 77.4 Å². The van der Waals surface area contributed by atoms with Gasteiger partial charge < -0.3 is 29.8 Å². The monoisotopic (exact) mass is 659 g/mol. The lowest BCUT2D eigenvalue weighted by molar-refractivity contribution is -0.141. The number of carbonyl (C=O) groups is 2. The van der Waals surface area contributed by atoms with Gasteiger partial charge in [0, 0.05) is 34.5 Å². The minimum atomic E-state index is -1.04. The van der Waals surface area contributed by atoms with E-state index in [1.165, 1.54) is 23.0 Å². The number of fused-ring (bicyclic) bond motifs is 2. The van der Waals surface area contributed by atoms with E-state index in [-0.39, 0.29) is 12.7 Å². The highest BCUT2D eigenvalue weighted by Crippen LogP contribution is 2.47. The molecule has 1 saturated heterocycles. The number of aryl methyl sites for hydroxylation is 1. The maximum Gasteiger partial charge on any atom is 0.408 e. The second-order valence-electron chi connectivity index (χ2n) is 12.1. The molecule has 1 saturated carbocycles. The van der Waals surface area contributed by atoms with E-state index in [0.717, 1.165) is 33.8 Å². The van der Waals surface area contributed by atoms with Crippen molar-refractivity contribution in [3.8, 4) is 11.5 Å². The number of anilines is 1. The Hall–Kier alpha value is -3.26.